The van der Waals surface area contributed by atoms with Crippen LogP contribution in [0, 0.1) is 0 Å². The second kappa shape index (κ2) is 6.64. The maximum absolute atomic E-state index is 10.4. The van der Waals surface area contributed by atoms with Crippen molar-refractivity contribution in [2.75, 3.05) is 19.0 Å². The summed E-state index contributed by atoms with van der Waals surface area (Å²) in [4.78, 5) is 2.04. The molecule has 0 bridgehead atoms. The molecule has 0 spiro atoms. The highest BCUT2D eigenvalue weighted by Crippen LogP contribution is 2.25. The van der Waals surface area contributed by atoms with Crippen molar-refractivity contribution in [1.29, 1.82) is 0 Å². The highest BCUT2D eigenvalue weighted by molar-refractivity contribution is 5.47. The summed E-state index contributed by atoms with van der Waals surface area (Å²) in [6.45, 7) is 3.99. The molecule has 3 heteroatoms. The van der Waals surface area contributed by atoms with Crippen LogP contribution < -0.4 is 9.64 Å². The van der Waals surface area contributed by atoms with Crippen LogP contribution in [0.15, 0.2) is 48.5 Å². The van der Waals surface area contributed by atoms with Gasteiger partial charge in [0.25, 0.3) is 0 Å². The maximum Gasteiger partial charge on any atom is 0.119 e. The summed E-state index contributed by atoms with van der Waals surface area (Å²) < 4.78 is 5.61. The number of benzene rings is 2. The third-order valence-electron chi connectivity index (χ3n) is 3.29. The van der Waals surface area contributed by atoms with E-state index in [9.17, 15) is 5.11 Å². The van der Waals surface area contributed by atoms with Gasteiger partial charge in [-0.1, -0.05) is 24.3 Å². The van der Waals surface area contributed by atoms with Crippen molar-refractivity contribution < 1.29 is 9.84 Å². The molecule has 0 aromatic heterocycles. The van der Waals surface area contributed by atoms with Crippen LogP contribution in [0.5, 0.6) is 5.75 Å². The molecule has 2 rings (SSSR count). The predicted octanol–water partition coefficient (Wildman–Crippen LogP) is 3.62. The standard InChI is InChI=1S/C18H23NO2/c1-13(2)21-17-11-7-15(8-12-17)18(20)14-5-9-16(10-6-14)19(3)4/h5-13,18,20H,1-4H3. The fourth-order valence-corrected chi connectivity index (χ4v) is 2.15. The van der Waals surface area contributed by atoms with E-state index in [4.69, 9.17) is 4.74 Å². The Hall–Kier alpha value is -2.00. The molecule has 1 atom stereocenters. The molecule has 0 aliphatic rings. The summed E-state index contributed by atoms with van der Waals surface area (Å²) in [7, 11) is 4.00. The minimum atomic E-state index is -0.616. The molecule has 0 heterocycles. The Kier molecular flexibility index (Phi) is 4.86. The number of hydrogen-bond acceptors (Lipinski definition) is 3. The third-order valence-corrected chi connectivity index (χ3v) is 3.29. The van der Waals surface area contributed by atoms with Crippen molar-refractivity contribution in [3.8, 4) is 5.75 Å². The van der Waals surface area contributed by atoms with Gasteiger partial charge in [-0.2, -0.15) is 0 Å². The van der Waals surface area contributed by atoms with E-state index in [0.717, 1.165) is 22.6 Å². The van der Waals surface area contributed by atoms with Gasteiger partial charge in [-0.25, -0.2) is 0 Å². The minimum Gasteiger partial charge on any atom is -0.491 e. The quantitative estimate of drug-likeness (QED) is 0.910. The van der Waals surface area contributed by atoms with Gasteiger partial charge >= 0.3 is 0 Å². The highest BCUT2D eigenvalue weighted by Gasteiger charge is 2.11. The van der Waals surface area contributed by atoms with Crippen LogP contribution in [0.2, 0.25) is 0 Å². The summed E-state index contributed by atoms with van der Waals surface area (Å²) in [5, 5.41) is 10.4. The van der Waals surface area contributed by atoms with E-state index in [2.05, 4.69) is 0 Å². The van der Waals surface area contributed by atoms with Crippen molar-refractivity contribution in [1.82, 2.24) is 0 Å². The van der Waals surface area contributed by atoms with Crippen molar-refractivity contribution in [3.63, 3.8) is 0 Å². The van der Waals surface area contributed by atoms with Crippen LogP contribution in [0.4, 0.5) is 5.69 Å². The minimum absolute atomic E-state index is 0.152. The summed E-state index contributed by atoms with van der Waals surface area (Å²) in [5.74, 6) is 0.823. The number of aliphatic hydroxyl groups excluding tert-OH is 1. The van der Waals surface area contributed by atoms with Gasteiger partial charge in [0.05, 0.1) is 6.10 Å². The fraction of sp³-hybridized carbons (Fsp3) is 0.333. The average molecular weight is 285 g/mol. The molecule has 0 saturated carbocycles. The lowest BCUT2D eigenvalue weighted by atomic mass is 10.0. The Balaban J connectivity index is 2.13. The molecule has 112 valence electrons. The van der Waals surface area contributed by atoms with E-state index in [-0.39, 0.29) is 6.10 Å². The van der Waals surface area contributed by atoms with Gasteiger partial charge in [0.1, 0.15) is 11.9 Å². The second-order valence-corrected chi connectivity index (χ2v) is 5.62. The van der Waals surface area contributed by atoms with Crippen LogP contribution in [0.1, 0.15) is 31.1 Å². The summed E-state index contributed by atoms with van der Waals surface area (Å²) in [6, 6.07) is 15.5. The lowest BCUT2D eigenvalue weighted by Gasteiger charge is -2.16. The Labute approximate surface area is 126 Å². The molecule has 0 saturated heterocycles. The largest absolute Gasteiger partial charge is 0.491 e. The molecule has 2 aromatic carbocycles. The van der Waals surface area contributed by atoms with Gasteiger partial charge in [0, 0.05) is 19.8 Å². The van der Waals surface area contributed by atoms with Crippen molar-refractivity contribution in [2.24, 2.45) is 0 Å². The molecule has 0 aliphatic heterocycles. The number of anilines is 1. The number of nitrogens with zero attached hydrogens (tertiary/aromatic N) is 1. The highest BCUT2D eigenvalue weighted by atomic mass is 16.5. The van der Waals surface area contributed by atoms with E-state index >= 15 is 0 Å². The molecule has 3 nitrogen and oxygen atoms in total. The predicted molar refractivity (Wildman–Crippen MR) is 87.0 cm³/mol. The van der Waals surface area contributed by atoms with E-state index in [1.807, 2.05) is 81.4 Å². The van der Waals surface area contributed by atoms with Crippen molar-refractivity contribution >= 4 is 5.69 Å². The molecule has 1 N–H and O–H groups in total. The second-order valence-electron chi connectivity index (χ2n) is 5.62. The van der Waals surface area contributed by atoms with Crippen molar-refractivity contribution in [2.45, 2.75) is 26.1 Å². The van der Waals surface area contributed by atoms with Gasteiger partial charge in [-0.3, -0.25) is 0 Å². The van der Waals surface area contributed by atoms with Crippen LogP contribution in [0.25, 0.3) is 0 Å². The molecular formula is C18H23NO2. The molecule has 2 aromatic rings. The Morgan fingerprint density at radius 1 is 0.857 bits per heavy atom. The zero-order valence-corrected chi connectivity index (χ0v) is 13.1. The summed E-state index contributed by atoms with van der Waals surface area (Å²) in [6.07, 6.45) is -0.464. The Morgan fingerprint density at radius 3 is 1.76 bits per heavy atom. The summed E-state index contributed by atoms with van der Waals surface area (Å²) in [5.41, 5.74) is 2.87. The first kappa shape index (κ1) is 15.4. The first-order valence-corrected chi connectivity index (χ1v) is 7.19. The van der Waals surface area contributed by atoms with Crippen LogP contribution >= 0.6 is 0 Å². The average Bonchev–Trinajstić information content (AvgIpc) is 2.47. The van der Waals surface area contributed by atoms with E-state index < -0.39 is 6.10 Å². The lowest BCUT2D eigenvalue weighted by Crippen LogP contribution is -2.09. The molecule has 0 amide bonds. The first-order chi connectivity index (χ1) is 9.97. The normalized spacial score (nSPS) is 12.3. The van der Waals surface area contributed by atoms with Gasteiger partial charge in [0.2, 0.25) is 0 Å². The zero-order chi connectivity index (χ0) is 15.4. The SMILES string of the molecule is CC(C)Oc1ccc(C(O)c2ccc(N(C)C)cc2)cc1. The Morgan fingerprint density at radius 2 is 1.33 bits per heavy atom. The molecule has 21 heavy (non-hydrogen) atoms. The molecule has 0 aliphatic carbocycles. The topological polar surface area (TPSA) is 32.7 Å². The maximum atomic E-state index is 10.4. The smallest absolute Gasteiger partial charge is 0.119 e. The number of hydrogen-bond donors (Lipinski definition) is 1. The first-order valence-electron chi connectivity index (χ1n) is 7.19. The van der Waals surface area contributed by atoms with E-state index in [0.29, 0.717) is 0 Å². The monoisotopic (exact) mass is 285 g/mol. The number of ether oxygens (including phenoxy) is 1. The van der Waals surface area contributed by atoms with Gasteiger partial charge in [-0.15, -0.1) is 0 Å². The third kappa shape index (κ3) is 3.99. The molecular weight excluding hydrogens is 262 g/mol. The van der Waals surface area contributed by atoms with Gasteiger partial charge in [-0.05, 0) is 49.2 Å². The lowest BCUT2D eigenvalue weighted by molar-refractivity contribution is 0.219. The number of rotatable bonds is 5. The van der Waals surface area contributed by atoms with Crippen molar-refractivity contribution in [3.05, 3.63) is 59.7 Å². The summed E-state index contributed by atoms with van der Waals surface area (Å²) >= 11 is 0. The molecule has 0 radical (unpaired) electrons. The molecule has 1 unspecified atom stereocenters. The van der Waals surface area contributed by atoms with Crippen LogP contribution in [0.3, 0.4) is 0 Å². The van der Waals surface area contributed by atoms with Crippen LogP contribution in [-0.2, 0) is 0 Å². The Bertz CT molecular complexity index is 559. The van der Waals surface area contributed by atoms with Crippen LogP contribution in [-0.4, -0.2) is 25.3 Å². The fourth-order valence-electron chi connectivity index (χ4n) is 2.15. The van der Waals surface area contributed by atoms with Gasteiger partial charge < -0.3 is 14.7 Å². The molecule has 0 fully saturated rings. The number of aliphatic hydroxyl groups is 1. The van der Waals surface area contributed by atoms with E-state index in [1.165, 1.54) is 0 Å². The van der Waals surface area contributed by atoms with Gasteiger partial charge in [0.15, 0.2) is 0 Å². The zero-order valence-electron chi connectivity index (χ0n) is 13.1. The van der Waals surface area contributed by atoms with E-state index in [1.54, 1.807) is 0 Å².